The lowest BCUT2D eigenvalue weighted by molar-refractivity contribution is 0.207. The summed E-state index contributed by atoms with van der Waals surface area (Å²) in [6.45, 7) is 0.510. The van der Waals surface area contributed by atoms with Gasteiger partial charge in [0.05, 0.1) is 19.4 Å². The minimum Gasteiger partial charge on any atom is -0.481 e. The van der Waals surface area contributed by atoms with Crippen LogP contribution in [0.4, 0.5) is 0 Å². The molecular formula is C9H15N3O2. The van der Waals surface area contributed by atoms with E-state index in [4.69, 9.17) is 9.47 Å². The van der Waals surface area contributed by atoms with Crippen molar-refractivity contribution in [3.05, 3.63) is 23.5 Å². The van der Waals surface area contributed by atoms with Crippen molar-refractivity contribution in [1.82, 2.24) is 10.6 Å². The lowest BCUT2D eigenvalue weighted by atomic mass is 10.3. The second-order valence-corrected chi connectivity index (χ2v) is 2.71. The van der Waals surface area contributed by atoms with Crippen molar-refractivity contribution >= 4 is 6.21 Å². The molecule has 1 heterocycles. The standard InChI is InChI=1S/C9H15N3O2/c1-10-5-8-9(14-3)12-7(4-11-8)6-13-2/h4-5,11-12H,6H2,1-3H3. The van der Waals surface area contributed by atoms with Gasteiger partial charge in [-0.05, 0) is 0 Å². The smallest absolute Gasteiger partial charge is 0.216 e. The maximum Gasteiger partial charge on any atom is 0.216 e. The molecule has 0 saturated carbocycles. The average Bonchev–Trinajstić information content (AvgIpc) is 2.21. The van der Waals surface area contributed by atoms with Crippen LogP contribution >= 0.6 is 0 Å². The van der Waals surface area contributed by atoms with E-state index in [-0.39, 0.29) is 0 Å². The summed E-state index contributed by atoms with van der Waals surface area (Å²) in [7, 11) is 4.95. The lowest BCUT2D eigenvalue weighted by Gasteiger charge is -2.20. The Hall–Kier alpha value is -1.49. The number of nitrogens with zero attached hydrogens (tertiary/aromatic N) is 1. The normalized spacial score (nSPS) is 16.4. The molecule has 78 valence electrons. The summed E-state index contributed by atoms with van der Waals surface area (Å²) in [5.41, 5.74) is 1.72. The molecule has 0 fully saturated rings. The van der Waals surface area contributed by atoms with Gasteiger partial charge in [0.1, 0.15) is 5.70 Å². The zero-order valence-electron chi connectivity index (χ0n) is 8.63. The molecule has 0 unspecified atom stereocenters. The van der Waals surface area contributed by atoms with Gasteiger partial charge in [-0.3, -0.25) is 4.99 Å². The van der Waals surface area contributed by atoms with Crippen LogP contribution in [0.5, 0.6) is 0 Å². The van der Waals surface area contributed by atoms with Gasteiger partial charge in [-0.1, -0.05) is 0 Å². The number of rotatable bonds is 4. The van der Waals surface area contributed by atoms with E-state index in [1.807, 2.05) is 6.20 Å². The fourth-order valence-corrected chi connectivity index (χ4v) is 1.10. The monoisotopic (exact) mass is 197 g/mol. The van der Waals surface area contributed by atoms with E-state index in [9.17, 15) is 0 Å². The van der Waals surface area contributed by atoms with Crippen LogP contribution < -0.4 is 10.6 Å². The van der Waals surface area contributed by atoms with Gasteiger partial charge in [0.2, 0.25) is 5.88 Å². The fraction of sp³-hybridized carbons (Fsp3) is 0.444. The Bertz CT molecular complexity index is 282. The topological polar surface area (TPSA) is 54.9 Å². The van der Waals surface area contributed by atoms with Gasteiger partial charge in [-0.2, -0.15) is 0 Å². The molecule has 0 aromatic rings. The van der Waals surface area contributed by atoms with Gasteiger partial charge in [0.25, 0.3) is 0 Å². The second-order valence-electron chi connectivity index (χ2n) is 2.71. The van der Waals surface area contributed by atoms with Crippen molar-refractivity contribution in [2.24, 2.45) is 4.99 Å². The minimum absolute atomic E-state index is 0.510. The molecular weight excluding hydrogens is 182 g/mol. The molecule has 0 aromatic heterocycles. The highest BCUT2D eigenvalue weighted by atomic mass is 16.5. The van der Waals surface area contributed by atoms with Crippen molar-refractivity contribution in [3.8, 4) is 0 Å². The maximum atomic E-state index is 5.15. The molecule has 1 rings (SSSR count). The lowest BCUT2D eigenvalue weighted by Crippen LogP contribution is -2.29. The Morgan fingerprint density at radius 1 is 1.50 bits per heavy atom. The SMILES string of the molecule is CN=CC1=C(OC)NC(COC)=CN1. The summed E-state index contributed by atoms with van der Waals surface area (Å²) in [6, 6.07) is 0. The highest BCUT2D eigenvalue weighted by Gasteiger charge is 2.11. The molecule has 1 aliphatic heterocycles. The molecule has 0 saturated heterocycles. The molecule has 1 aliphatic rings. The number of hydrogen-bond acceptors (Lipinski definition) is 5. The molecule has 5 heteroatoms. The van der Waals surface area contributed by atoms with Crippen LogP contribution in [0.1, 0.15) is 0 Å². The number of hydrogen-bond donors (Lipinski definition) is 2. The summed E-state index contributed by atoms with van der Waals surface area (Å²) in [5.74, 6) is 0.644. The Kier molecular flexibility index (Phi) is 4.00. The molecule has 2 N–H and O–H groups in total. The van der Waals surface area contributed by atoms with Crippen LogP contribution in [0.15, 0.2) is 28.5 Å². The van der Waals surface area contributed by atoms with E-state index in [2.05, 4.69) is 15.6 Å². The molecule has 0 radical (unpaired) electrons. The third kappa shape index (κ3) is 2.50. The minimum atomic E-state index is 0.510. The van der Waals surface area contributed by atoms with Crippen LogP contribution in [0.3, 0.4) is 0 Å². The van der Waals surface area contributed by atoms with Crippen molar-refractivity contribution < 1.29 is 9.47 Å². The summed E-state index contributed by atoms with van der Waals surface area (Å²) >= 11 is 0. The highest BCUT2D eigenvalue weighted by molar-refractivity contribution is 5.79. The van der Waals surface area contributed by atoms with Gasteiger partial charge in [0, 0.05) is 26.6 Å². The third-order valence-electron chi connectivity index (χ3n) is 1.68. The quantitative estimate of drug-likeness (QED) is 0.631. The van der Waals surface area contributed by atoms with E-state index >= 15 is 0 Å². The largest absolute Gasteiger partial charge is 0.481 e. The zero-order chi connectivity index (χ0) is 10.4. The first kappa shape index (κ1) is 10.6. The van der Waals surface area contributed by atoms with Crippen molar-refractivity contribution in [3.63, 3.8) is 0 Å². The van der Waals surface area contributed by atoms with E-state index in [1.54, 1.807) is 27.5 Å². The predicted octanol–water partition coefficient (Wildman–Crippen LogP) is 0.183. The Morgan fingerprint density at radius 2 is 2.29 bits per heavy atom. The van der Waals surface area contributed by atoms with Crippen molar-refractivity contribution in [2.45, 2.75) is 0 Å². The first-order valence-corrected chi connectivity index (χ1v) is 4.23. The predicted molar refractivity (Wildman–Crippen MR) is 54.7 cm³/mol. The molecule has 0 aromatic carbocycles. The first-order chi connectivity index (χ1) is 6.81. The van der Waals surface area contributed by atoms with Crippen LogP contribution in [-0.4, -0.2) is 34.1 Å². The number of nitrogens with one attached hydrogen (secondary N) is 2. The van der Waals surface area contributed by atoms with Gasteiger partial charge in [0.15, 0.2) is 0 Å². The molecule has 14 heavy (non-hydrogen) atoms. The molecule has 0 aliphatic carbocycles. The third-order valence-corrected chi connectivity index (χ3v) is 1.68. The van der Waals surface area contributed by atoms with Crippen LogP contribution in [-0.2, 0) is 9.47 Å². The van der Waals surface area contributed by atoms with Gasteiger partial charge in [-0.25, -0.2) is 0 Å². The molecule has 5 nitrogen and oxygen atoms in total. The molecule has 0 amide bonds. The molecule has 0 bridgehead atoms. The van der Waals surface area contributed by atoms with E-state index in [0.29, 0.717) is 12.5 Å². The van der Waals surface area contributed by atoms with E-state index in [1.165, 1.54) is 0 Å². The number of methoxy groups -OCH3 is 2. The van der Waals surface area contributed by atoms with E-state index < -0.39 is 0 Å². The summed E-state index contributed by atoms with van der Waals surface area (Å²) in [4.78, 5) is 3.90. The number of allylic oxidation sites excluding steroid dienone is 1. The fourth-order valence-electron chi connectivity index (χ4n) is 1.10. The van der Waals surface area contributed by atoms with Crippen LogP contribution in [0.2, 0.25) is 0 Å². The number of ether oxygens (including phenoxy) is 2. The molecule has 0 atom stereocenters. The van der Waals surface area contributed by atoms with Gasteiger partial charge < -0.3 is 20.1 Å². The molecule has 0 spiro atoms. The highest BCUT2D eigenvalue weighted by Crippen LogP contribution is 2.06. The Balaban J connectivity index is 2.69. The summed E-state index contributed by atoms with van der Waals surface area (Å²) in [6.07, 6.45) is 3.51. The zero-order valence-corrected chi connectivity index (χ0v) is 8.63. The Labute approximate surface area is 83.5 Å². The maximum absolute atomic E-state index is 5.15. The summed E-state index contributed by atoms with van der Waals surface area (Å²) < 4.78 is 10.1. The van der Waals surface area contributed by atoms with Crippen molar-refractivity contribution in [2.75, 3.05) is 27.9 Å². The van der Waals surface area contributed by atoms with Gasteiger partial charge in [-0.15, -0.1) is 0 Å². The second kappa shape index (κ2) is 5.29. The van der Waals surface area contributed by atoms with Gasteiger partial charge >= 0.3 is 0 Å². The number of aliphatic imine (C=N–C) groups is 1. The Morgan fingerprint density at radius 3 is 2.86 bits per heavy atom. The van der Waals surface area contributed by atoms with Crippen LogP contribution in [0.25, 0.3) is 0 Å². The van der Waals surface area contributed by atoms with E-state index in [0.717, 1.165) is 11.4 Å². The first-order valence-electron chi connectivity index (χ1n) is 4.23. The van der Waals surface area contributed by atoms with Crippen LogP contribution in [0, 0.1) is 0 Å². The summed E-state index contributed by atoms with van der Waals surface area (Å²) in [5, 5.41) is 6.14. The van der Waals surface area contributed by atoms with Crippen molar-refractivity contribution in [1.29, 1.82) is 0 Å². The average molecular weight is 197 g/mol.